The molecule has 1 saturated heterocycles. The summed E-state index contributed by atoms with van der Waals surface area (Å²) in [4.78, 5) is 0.269. The molecule has 0 spiro atoms. The van der Waals surface area contributed by atoms with Crippen LogP contribution >= 0.6 is 12.4 Å². The Morgan fingerprint density at radius 3 is 2.55 bits per heavy atom. The van der Waals surface area contributed by atoms with Crippen LogP contribution in [-0.4, -0.2) is 38.6 Å². The lowest BCUT2D eigenvalue weighted by Crippen LogP contribution is -2.32. The molecule has 0 aromatic heterocycles. The van der Waals surface area contributed by atoms with Gasteiger partial charge in [-0.05, 0) is 25.0 Å². The van der Waals surface area contributed by atoms with Crippen molar-refractivity contribution in [1.29, 1.82) is 0 Å². The Bertz CT molecular complexity index is 620. The molecule has 1 aromatic carbocycles. The van der Waals surface area contributed by atoms with E-state index in [1.165, 1.54) is 10.4 Å². The van der Waals surface area contributed by atoms with E-state index in [4.69, 9.17) is 15.2 Å². The highest BCUT2D eigenvalue weighted by molar-refractivity contribution is 7.89. The van der Waals surface area contributed by atoms with E-state index in [1.54, 1.807) is 13.0 Å². The fourth-order valence-corrected chi connectivity index (χ4v) is 4.15. The molecule has 0 radical (unpaired) electrons. The van der Waals surface area contributed by atoms with Crippen molar-refractivity contribution in [3.05, 3.63) is 17.7 Å². The van der Waals surface area contributed by atoms with Gasteiger partial charge in [-0.2, -0.15) is 4.31 Å². The van der Waals surface area contributed by atoms with Gasteiger partial charge in [0.1, 0.15) is 0 Å². The van der Waals surface area contributed by atoms with Gasteiger partial charge >= 0.3 is 0 Å². The molecule has 2 aliphatic rings. The number of nitrogens with two attached hydrogens (primary N) is 1. The predicted molar refractivity (Wildman–Crippen MR) is 75.9 cm³/mol. The number of halogens is 1. The van der Waals surface area contributed by atoms with Crippen LogP contribution < -0.4 is 15.2 Å². The van der Waals surface area contributed by atoms with Crippen molar-refractivity contribution < 1.29 is 17.9 Å². The van der Waals surface area contributed by atoms with Crippen LogP contribution in [-0.2, 0) is 10.0 Å². The highest BCUT2D eigenvalue weighted by Crippen LogP contribution is 2.37. The maximum Gasteiger partial charge on any atom is 0.243 e. The molecule has 0 saturated carbocycles. The molecule has 0 aliphatic carbocycles. The Morgan fingerprint density at radius 1 is 1.30 bits per heavy atom. The summed E-state index contributed by atoms with van der Waals surface area (Å²) in [6.07, 6.45) is 0.697. The fourth-order valence-electron chi connectivity index (χ4n) is 2.41. The third-order valence-electron chi connectivity index (χ3n) is 3.48. The molecule has 1 aromatic rings. The second-order valence-corrected chi connectivity index (χ2v) is 6.79. The molecule has 1 atom stereocenters. The number of benzene rings is 1. The van der Waals surface area contributed by atoms with E-state index in [0.717, 1.165) is 0 Å². The fraction of sp³-hybridized carbons (Fsp3) is 0.500. The lowest BCUT2D eigenvalue weighted by molar-refractivity contribution is 0.174. The first-order valence-corrected chi connectivity index (χ1v) is 7.58. The summed E-state index contributed by atoms with van der Waals surface area (Å²) in [7, 11) is -3.51. The van der Waals surface area contributed by atoms with Crippen LogP contribution in [0.4, 0.5) is 0 Å². The SMILES string of the molecule is Cc1cc2c(cc1S(=O)(=O)N1CC[C@@H](N)C1)OCO2.Cl. The molecule has 112 valence electrons. The number of aryl methyl sites for hydroxylation is 1. The second kappa shape index (κ2) is 5.40. The van der Waals surface area contributed by atoms with Crippen LogP contribution in [0.15, 0.2) is 17.0 Å². The number of fused-ring (bicyclic) bond motifs is 1. The summed E-state index contributed by atoms with van der Waals surface area (Å²) < 4.78 is 37.1. The Balaban J connectivity index is 0.00000147. The van der Waals surface area contributed by atoms with Gasteiger partial charge < -0.3 is 15.2 Å². The lowest BCUT2D eigenvalue weighted by atomic mass is 10.2. The van der Waals surface area contributed by atoms with E-state index in [-0.39, 0.29) is 30.1 Å². The molecule has 2 heterocycles. The van der Waals surface area contributed by atoms with Crippen LogP contribution in [0.2, 0.25) is 0 Å². The van der Waals surface area contributed by atoms with Crippen molar-refractivity contribution in [2.45, 2.75) is 24.3 Å². The molecule has 8 heteroatoms. The molecular formula is C12H17ClN2O4S. The Kier molecular flexibility index (Phi) is 4.15. The third kappa shape index (κ3) is 2.46. The van der Waals surface area contributed by atoms with Crippen LogP contribution in [0, 0.1) is 6.92 Å². The van der Waals surface area contributed by atoms with Gasteiger partial charge in [-0.1, -0.05) is 0 Å². The monoisotopic (exact) mass is 320 g/mol. The molecule has 0 bridgehead atoms. The summed E-state index contributed by atoms with van der Waals surface area (Å²) in [5.41, 5.74) is 6.43. The zero-order valence-electron chi connectivity index (χ0n) is 11.0. The van der Waals surface area contributed by atoms with Gasteiger partial charge in [-0.3, -0.25) is 0 Å². The van der Waals surface area contributed by atoms with Crippen molar-refractivity contribution in [3.8, 4) is 11.5 Å². The minimum absolute atomic E-state index is 0. The second-order valence-electron chi connectivity index (χ2n) is 4.88. The van der Waals surface area contributed by atoms with Crippen LogP contribution in [0.25, 0.3) is 0 Å². The van der Waals surface area contributed by atoms with Crippen LogP contribution in [0.3, 0.4) is 0 Å². The zero-order chi connectivity index (χ0) is 13.6. The Labute approximate surface area is 124 Å². The van der Waals surface area contributed by atoms with E-state index in [9.17, 15) is 8.42 Å². The third-order valence-corrected chi connectivity index (χ3v) is 5.48. The molecular weight excluding hydrogens is 304 g/mol. The smallest absolute Gasteiger partial charge is 0.243 e. The number of ether oxygens (including phenoxy) is 2. The van der Waals surface area contributed by atoms with Gasteiger partial charge in [0.15, 0.2) is 11.5 Å². The molecule has 2 aliphatic heterocycles. The van der Waals surface area contributed by atoms with Crippen molar-refractivity contribution in [2.24, 2.45) is 5.73 Å². The lowest BCUT2D eigenvalue weighted by Gasteiger charge is -2.17. The number of rotatable bonds is 2. The Hall–Kier alpha value is -1.02. The average molecular weight is 321 g/mol. The predicted octanol–water partition coefficient (Wildman–Crippen LogP) is 0.867. The summed E-state index contributed by atoms with van der Waals surface area (Å²) >= 11 is 0. The summed E-state index contributed by atoms with van der Waals surface area (Å²) in [5, 5.41) is 0. The first kappa shape index (κ1) is 15.4. The van der Waals surface area contributed by atoms with Crippen molar-refractivity contribution in [3.63, 3.8) is 0 Å². The van der Waals surface area contributed by atoms with Gasteiger partial charge in [0.25, 0.3) is 0 Å². The van der Waals surface area contributed by atoms with Gasteiger partial charge in [0.05, 0.1) is 4.90 Å². The molecule has 2 N–H and O–H groups in total. The largest absolute Gasteiger partial charge is 0.454 e. The highest BCUT2D eigenvalue weighted by atomic mass is 35.5. The van der Waals surface area contributed by atoms with Crippen molar-refractivity contribution in [2.75, 3.05) is 19.9 Å². The molecule has 20 heavy (non-hydrogen) atoms. The molecule has 3 rings (SSSR count). The number of hydrogen-bond acceptors (Lipinski definition) is 5. The van der Waals surface area contributed by atoms with Gasteiger partial charge in [0.2, 0.25) is 16.8 Å². The minimum Gasteiger partial charge on any atom is -0.454 e. The van der Waals surface area contributed by atoms with E-state index in [2.05, 4.69) is 0 Å². The number of nitrogens with zero attached hydrogens (tertiary/aromatic N) is 1. The number of hydrogen-bond donors (Lipinski definition) is 1. The van der Waals surface area contributed by atoms with Gasteiger partial charge in [0, 0.05) is 25.2 Å². The van der Waals surface area contributed by atoms with Gasteiger partial charge in [-0.15, -0.1) is 12.4 Å². The van der Waals surface area contributed by atoms with Crippen molar-refractivity contribution >= 4 is 22.4 Å². The standard InChI is InChI=1S/C12H16N2O4S.ClH/c1-8-4-10-11(18-7-17-10)5-12(8)19(15,16)14-3-2-9(13)6-14;/h4-5,9H,2-3,6-7,13H2,1H3;1H/t9-;/m1./s1. The Morgan fingerprint density at radius 2 is 1.95 bits per heavy atom. The highest BCUT2D eigenvalue weighted by Gasteiger charge is 2.33. The molecule has 1 fully saturated rings. The van der Waals surface area contributed by atoms with Crippen LogP contribution in [0.5, 0.6) is 11.5 Å². The molecule has 0 amide bonds. The summed E-state index contributed by atoms with van der Waals surface area (Å²) in [6.45, 7) is 2.73. The summed E-state index contributed by atoms with van der Waals surface area (Å²) in [6, 6.07) is 3.16. The van der Waals surface area contributed by atoms with E-state index in [1.807, 2.05) is 0 Å². The van der Waals surface area contributed by atoms with E-state index < -0.39 is 10.0 Å². The molecule has 6 nitrogen and oxygen atoms in total. The normalized spacial score (nSPS) is 21.8. The maximum atomic E-state index is 12.6. The summed E-state index contributed by atoms with van der Waals surface area (Å²) in [5.74, 6) is 1.07. The minimum atomic E-state index is -3.51. The topological polar surface area (TPSA) is 81.9 Å². The first-order chi connectivity index (χ1) is 8.98. The zero-order valence-corrected chi connectivity index (χ0v) is 12.7. The number of sulfonamides is 1. The average Bonchev–Trinajstić information content (AvgIpc) is 2.96. The first-order valence-electron chi connectivity index (χ1n) is 6.14. The quantitative estimate of drug-likeness (QED) is 0.874. The van der Waals surface area contributed by atoms with Crippen LogP contribution in [0.1, 0.15) is 12.0 Å². The maximum absolute atomic E-state index is 12.6. The van der Waals surface area contributed by atoms with E-state index in [0.29, 0.717) is 36.6 Å². The molecule has 0 unspecified atom stereocenters. The van der Waals surface area contributed by atoms with E-state index >= 15 is 0 Å². The van der Waals surface area contributed by atoms with Gasteiger partial charge in [-0.25, -0.2) is 8.42 Å². The van der Waals surface area contributed by atoms with Crippen molar-refractivity contribution in [1.82, 2.24) is 4.31 Å².